The number of benzene rings is 2. The number of halogens is 1. The fourth-order valence-electron chi connectivity index (χ4n) is 6.22. The lowest BCUT2D eigenvalue weighted by molar-refractivity contribution is -0.139. The summed E-state index contributed by atoms with van der Waals surface area (Å²) in [4.78, 5) is 70.6. The molecular formula is C41H60ClN5O7. The van der Waals surface area contributed by atoms with Gasteiger partial charge in [-0.1, -0.05) is 88.4 Å². The number of morpholine rings is 1. The Labute approximate surface area is 325 Å². The van der Waals surface area contributed by atoms with Gasteiger partial charge in [-0.05, 0) is 62.0 Å². The van der Waals surface area contributed by atoms with Crippen molar-refractivity contribution >= 4 is 41.0 Å². The van der Waals surface area contributed by atoms with Crippen molar-refractivity contribution in [2.45, 2.75) is 103 Å². The number of amides is 4. The molecule has 1 saturated heterocycles. The number of ether oxygens (including phenoxy) is 1. The van der Waals surface area contributed by atoms with Crippen LogP contribution in [0.25, 0.3) is 0 Å². The molecule has 0 aromatic heterocycles. The van der Waals surface area contributed by atoms with Crippen molar-refractivity contribution in [1.82, 2.24) is 26.2 Å². The molecule has 0 bridgehead atoms. The zero-order chi connectivity index (χ0) is 39.7. The number of nitrogens with one attached hydrogen (secondary N) is 4. The van der Waals surface area contributed by atoms with Crippen molar-refractivity contribution in [2.75, 3.05) is 38.7 Å². The largest absolute Gasteiger partial charge is 0.381 e. The molecule has 12 nitrogen and oxygen atoms in total. The van der Waals surface area contributed by atoms with Crippen LogP contribution in [0.4, 0.5) is 0 Å². The molecule has 1 unspecified atom stereocenters. The van der Waals surface area contributed by atoms with Crippen LogP contribution in [0, 0.1) is 11.8 Å². The molecule has 1 heterocycles. The third kappa shape index (κ3) is 15.5. The average molecular weight is 770 g/mol. The van der Waals surface area contributed by atoms with E-state index in [9.17, 15) is 29.1 Å². The highest BCUT2D eigenvalue weighted by Gasteiger charge is 2.38. The van der Waals surface area contributed by atoms with Crippen LogP contribution in [-0.2, 0) is 41.6 Å². The second-order valence-corrected chi connectivity index (χ2v) is 15.5. The zero-order valence-corrected chi connectivity index (χ0v) is 33.2. The number of carbonyl (C=O) groups excluding carboxylic acids is 5. The van der Waals surface area contributed by atoms with Gasteiger partial charge in [0.2, 0.25) is 23.6 Å². The number of hydrogen-bond donors (Lipinski definition) is 5. The number of aryl methyl sites for hydroxylation is 1. The third-order valence-corrected chi connectivity index (χ3v) is 9.92. The Bertz CT molecular complexity index is 1490. The van der Waals surface area contributed by atoms with Gasteiger partial charge in [-0.2, -0.15) is 0 Å². The van der Waals surface area contributed by atoms with Crippen LogP contribution in [-0.4, -0.2) is 108 Å². The highest BCUT2D eigenvalue weighted by atomic mass is 35.5. The van der Waals surface area contributed by atoms with Gasteiger partial charge in [-0.25, -0.2) is 0 Å². The van der Waals surface area contributed by atoms with Crippen molar-refractivity contribution < 1.29 is 33.8 Å². The smallest absolute Gasteiger partial charge is 0.243 e. The lowest BCUT2D eigenvalue weighted by Gasteiger charge is -2.30. The van der Waals surface area contributed by atoms with E-state index < -0.39 is 53.3 Å². The van der Waals surface area contributed by atoms with E-state index in [1.807, 2.05) is 93.3 Å². The second kappa shape index (κ2) is 22.5. The van der Waals surface area contributed by atoms with Crippen LogP contribution in [0.5, 0.6) is 0 Å². The summed E-state index contributed by atoms with van der Waals surface area (Å²) in [6.45, 7) is 11.5. The molecule has 1 aliphatic heterocycles. The summed E-state index contributed by atoms with van der Waals surface area (Å²) in [5.74, 6) is -2.75. The quantitative estimate of drug-likeness (QED) is 0.114. The number of ketones is 1. The third-order valence-electron chi connectivity index (χ3n) is 9.40. The molecule has 2 aromatic carbocycles. The predicted octanol–water partition coefficient (Wildman–Crippen LogP) is 3.17. The van der Waals surface area contributed by atoms with E-state index in [4.69, 9.17) is 16.3 Å². The van der Waals surface area contributed by atoms with Gasteiger partial charge >= 0.3 is 0 Å². The summed E-state index contributed by atoms with van der Waals surface area (Å²) in [6.07, 6.45) is 2.07. The Balaban J connectivity index is 1.85. The summed E-state index contributed by atoms with van der Waals surface area (Å²) in [7, 11) is 0. The normalized spacial score (nSPS) is 16.8. The highest BCUT2D eigenvalue weighted by Crippen LogP contribution is 2.17. The molecule has 1 aliphatic rings. The number of nitrogens with zero attached hydrogens (tertiary/aromatic N) is 1. The SMILES string of the molecule is CC(C)CC[C@H](NC(=O)[C@H](CCc1ccccc1)NC(=O)CN1CCOCC1)C(=O)N[C@@H](Cc1ccccc1)C(=O)NC(CC(C)C)C(=O)[C@](C)(O)CCl. The number of alkyl halides is 1. The van der Waals surface area contributed by atoms with Crippen LogP contribution < -0.4 is 21.3 Å². The number of hydrogen-bond acceptors (Lipinski definition) is 8. The van der Waals surface area contributed by atoms with Crippen LogP contribution in [0.3, 0.4) is 0 Å². The fraction of sp³-hybridized carbons (Fsp3) is 0.585. The molecule has 0 spiro atoms. The first-order valence-corrected chi connectivity index (χ1v) is 19.6. The standard InChI is InChI=1S/C41H60ClN5O7/c1-28(2)16-18-33(44-38(50)32(19-17-30-12-8-6-9-13-30)43-36(48)26-47-20-22-54-23-21-47)39(51)46-35(25-31-14-10-7-11-15-31)40(52)45-34(24-29(3)4)37(49)41(5,53)27-42/h6-15,28-29,32-35,53H,16-27H2,1-5H3,(H,43,48)(H,44,50)(H,45,52)(H,46,51)/t32-,33-,34?,35-,41+/m0/s1. The minimum absolute atomic E-state index is 0.00707. The lowest BCUT2D eigenvalue weighted by Crippen LogP contribution is -2.59. The summed E-state index contributed by atoms with van der Waals surface area (Å²) in [6, 6.07) is 14.7. The molecule has 0 radical (unpaired) electrons. The summed E-state index contributed by atoms with van der Waals surface area (Å²) in [5.41, 5.74) is -0.0967. The Morgan fingerprint density at radius 1 is 0.722 bits per heavy atom. The fourth-order valence-corrected chi connectivity index (χ4v) is 6.35. The average Bonchev–Trinajstić information content (AvgIpc) is 3.14. The molecular weight excluding hydrogens is 710 g/mol. The van der Waals surface area contributed by atoms with E-state index in [1.54, 1.807) is 0 Å². The number of Topliss-reactive ketones (excluding diaryl/α,β-unsaturated/α-hetero) is 1. The molecule has 54 heavy (non-hydrogen) atoms. The van der Waals surface area contributed by atoms with E-state index >= 15 is 0 Å². The summed E-state index contributed by atoms with van der Waals surface area (Å²) >= 11 is 5.91. The van der Waals surface area contributed by atoms with Gasteiger partial charge < -0.3 is 31.1 Å². The number of rotatable bonds is 22. The van der Waals surface area contributed by atoms with Crippen LogP contribution in [0.2, 0.25) is 0 Å². The van der Waals surface area contributed by atoms with Gasteiger partial charge in [0.05, 0.1) is 31.7 Å². The highest BCUT2D eigenvalue weighted by molar-refractivity contribution is 6.21. The van der Waals surface area contributed by atoms with Gasteiger partial charge in [0.15, 0.2) is 5.78 Å². The van der Waals surface area contributed by atoms with E-state index in [2.05, 4.69) is 21.3 Å². The van der Waals surface area contributed by atoms with Crippen LogP contribution >= 0.6 is 11.6 Å². The molecule has 0 saturated carbocycles. The first-order chi connectivity index (χ1) is 25.7. The number of aliphatic hydroxyl groups is 1. The molecule has 0 aliphatic carbocycles. The Hall–Kier alpha value is -3.84. The topological polar surface area (TPSA) is 166 Å². The van der Waals surface area contributed by atoms with Gasteiger partial charge in [0.1, 0.15) is 23.7 Å². The zero-order valence-electron chi connectivity index (χ0n) is 32.4. The maximum atomic E-state index is 14.2. The van der Waals surface area contributed by atoms with Crippen molar-refractivity contribution in [3.63, 3.8) is 0 Å². The van der Waals surface area contributed by atoms with E-state index in [0.29, 0.717) is 45.6 Å². The van der Waals surface area contributed by atoms with Gasteiger partial charge in [0.25, 0.3) is 0 Å². The molecule has 5 atom stereocenters. The van der Waals surface area contributed by atoms with Gasteiger partial charge in [-0.15, -0.1) is 11.6 Å². The Morgan fingerprint density at radius 3 is 1.80 bits per heavy atom. The molecule has 1 fully saturated rings. The Morgan fingerprint density at radius 2 is 1.24 bits per heavy atom. The molecule has 5 N–H and O–H groups in total. The predicted molar refractivity (Wildman–Crippen MR) is 210 cm³/mol. The van der Waals surface area contributed by atoms with Gasteiger partial charge in [-0.3, -0.25) is 28.9 Å². The molecule has 13 heteroatoms. The van der Waals surface area contributed by atoms with Crippen LogP contribution in [0.1, 0.15) is 71.4 Å². The van der Waals surface area contributed by atoms with Crippen molar-refractivity contribution in [3.05, 3.63) is 71.8 Å². The number of carbonyl (C=O) groups is 5. The van der Waals surface area contributed by atoms with Crippen molar-refractivity contribution in [1.29, 1.82) is 0 Å². The van der Waals surface area contributed by atoms with Crippen LogP contribution in [0.15, 0.2) is 60.7 Å². The monoisotopic (exact) mass is 769 g/mol. The maximum absolute atomic E-state index is 14.2. The van der Waals surface area contributed by atoms with E-state index in [0.717, 1.165) is 11.1 Å². The molecule has 2 aromatic rings. The van der Waals surface area contributed by atoms with Crippen molar-refractivity contribution in [3.8, 4) is 0 Å². The first-order valence-electron chi connectivity index (χ1n) is 19.1. The van der Waals surface area contributed by atoms with Gasteiger partial charge in [0, 0.05) is 19.5 Å². The molecule has 3 rings (SSSR count). The molecule has 298 valence electrons. The summed E-state index contributed by atoms with van der Waals surface area (Å²) < 4.78 is 5.40. The minimum Gasteiger partial charge on any atom is -0.381 e. The van der Waals surface area contributed by atoms with E-state index in [1.165, 1.54) is 6.92 Å². The second-order valence-electron chi connectivity index (χ2n) is 15.3. The molecule has 4 amide bonds. The Kier molecular flexibility index (Phi) is 18.6. The van der Waals surface area contributed by atoms with Crippen molar-refractivity contribution in [2.24, 2.45) is 11.8 Å². The minimum atomic E-state index is -1.87. The first kappa shape index (κ1) is 44.6. The maximum Gasteiger partial charge on any atom is 0.243 e. The lowest BCUT2D eigenvalue weighted by atomic mass is 9.90. The summed E-state index contributed by atoms with van der Waals surface area (Å²) in [5, 5.41) is 22.1. The van der Waals surface area contributed by atoms with E-state index in [-0.39, 0.29) is 49.4 Å².